The Morgan fingerprint density at radius 3 is 2.76 bits per heavy atom. The van der Waals surface area contributed by atoms with Crippen LogP contribution in [0.5, 0.6) is 0 Å². The quantitative estimate of drug-likeness (QED) is 0.570. The Bertz CT molecular complexity index is 632. The predicted molar refractivity (Wildman–Crippen MR) is 89.3 cm³/mol. The highest BCUT2D eigenvalue weighted by Gasteiger charge is 2.15. The van der Waals surface area contributed by atoms with Crippen LogP contribution in [0.3, 0.4) is 0 Å². The van der Waals surface area contributed by atoms with E-state index in [4.69, 9.17) is 0 Å². The number of nitrogens with one attached hydrogen (secondary N) is 2. The van der Waals surface area contributed by atoms with Crippen LogP contribution >= 0.6 is 27.3 Å². The van der Waals surface area contributed by atoms with E-state index in [1.807, 2.05) is 19.1 Å². The monoisotopic (exact) mass is 370 g/mol. The minimum atomic E-state index is -0.424. The van der Waals surface area contributed by atoms with Gasteiger partial charge in [-0.3, -0.25) is 10.1 Å². The second-order valence-electron chi connectivity index (χ2n) is 4.23. The van der Waals surface area contributed by atoms with Crippen molar-refractivity contribution in [3.05, 3.63) is 43.0 Å². The van der Waals surface area contributed by atoms with E-state index in [0.29, 0.717) is 24.7 Å². The van der Waals surface area contributed by atoms with Gasteiger partial charge in [0.2, 0.25) is 5.82 Å². The number of hydrogen-bond acceptors (Lipinski definition) is 6. The fourth-order valence-corrected chi connectivity index (χ4v) is 3.28. The summed E-state index contributed by atoms with van der Waals surface area (Å²) >= 11 is 5.07. The smallest absolute Gasteiger partial charge is 0.311 e. The number of aromatic nitrogens is 1. The van der Waals surface area contributed by atoms with Crippen LogP contribution in [0.1, 0.15) is 11.8 Å². The van der Waals surface area contributed by atoms with Gasteiger partial charge in [-0.1, -0.05) is 0 Å². The average Bonchev–Trinajstić information content (AvgIpc) is 2.85. The summed E-state index contributed by atoms with van der Waals surface area (Å²) in [6.45, 7) is 3.26. The predicted octanol–water partition coefficient (Wildman–Crippen LogP) is 3.90. The number of rotatable bonds is 7. The lowest BCUT2D eigenvalue weighted by Gasteiger charge is -2.08. The molecule has 0 amide bonds. The van der Waals surface area contributed by atoms with Crippen molar-refractivity contribution in [3.8, 4) is 0 Å². The molecule has 0 atom stereocenters. The molecule has 0 fully saturated rings. The van der Waals surface area contributed by atoms with Crippen LogP contribution < -0.4 is 10.6 Å². The van der Waals surface area contributed by atoms with E-state index < -0.39 is 4.92 Å². The summed E-state index contributed by atoms with van der Waals surface area (Å²) < 4.78 is 1.08. The maximum absolute atomic E-state index is 11.0. The summed E-state index contributed by atoms with van der Waals surface area (Å²) in [6, 6.07) is 7.11. The third kappa shape index (κ3) is 4.40. The molecule has 2 aromatic heterocycles. The van der Waals surface area contributed by atoms with Gasteiger partial charge in [0.1, 0.15) is 5.82 Å². The van der Waals surface area contributed by atoms with Gasteiger partial charge in [-0.25, -0.2) is 4.98 Å². The molecule has 0 aromatic carbocycles. The molecule has 0 spiro atoms. The van der Waals surface area contributed by atoms with E-state index >= 15 is 0 Å². The average molecular weight is 371 g/mol. The molecule has 0 saturated carbocycles. The van der Waals surface area contributed by atoms with Crippen LogP contribution in [0.25, 0.3) is 0 Å². The van der Waals surface area contributed by atoms with Crippen LogP contribution in [0.2, 0.25) is 0 Å². The number of hydrogen-bond donors (Lipinski definition) is 2. The molecule has 2 rings (SSSR count). The maximum atomic E-state index is 11.0. The van der Waals surface area contributed by atoms with Gasteiger partial charge in [0, 0.05) is 24.0 Å². The summed E-state index contributed by atoms with van der Waals surface area (Å²) in [5, 5.41) is 17.1. The summed E-state index contributed by atoms with van der Waals surface area (Å²) in [4.78, 5) is 16.1. The topological polar surface area (TPSA) is 80.1 Å². The molecule has 2 N–H and O–H groups in total. The van der Waals surface area contributed by atoms with Crippen LogP contribution in [0.15, 0.2) is 28.1 Å². The third-order valence-corrected chi connectivity index (χ3v) is 4.40. The normalized spacial score (nSPS) is 10.4. The minimum Gasteiger partial charge on any atom is -0.370 e. The van der Waals surface area contributed by atoms with Gasteiger partial charge in [0.25, 0.3) is 0 Å². The van der Waals surface area contributed by atoms with Crippen molar-refractivity contribution < 1.29 is 4.92 Å². The van der Waals surface area contributed by atoms with E-state index in [1.54, 1.807) is 17.4 Å². The standard InChI is InChI=1S/C13H15BrN4O2S/c1-2-15-12-6-4-10(18(19)20)13(17-12)16-8-7-9-3-5-11(14)21-9/h3-6H,2,7-8H2,1H3,(H2,15,16,17). The van der Waals surface area contributed by atoms with Crippen LogP contribution in [0, 0.1) is 10.1 Å². The fourth-order valence-electron chi connectivity index (χ4n) is 1.80. The Balaban J connectivity index is 2.05. The lowest BCUT2D eigenvalue weighted by atomic mass is 10.3. The Morgan fingerprint density at radius 1 is 1.33 bits per heavy atom. The lowest BCUT2D eigenvalue weighted by Crippen LogP contribution is -2.09. The first-order valence-corrected chi connectivity index (χ1v) is 8.08. The second kappa shape index (κ2) is 7.37. The van der Waals surface area contributed by atoms with Crippen molar-refractivity contribution in [1.82, 2.24) is 4.98 Å². The highest BCUT2D eigenvalue weighted by atomic mass is 79.9. The number of nitrogens with zero attached hydrogens (tertiary/aromatic N) is 2. The molecule has 0 bridgehead atoms. The van der Waals surface area contributed by atoms with E-state index in [9.17, 15) is 10.1 Å². The number of nitro groups is 1. The molecule has 2 aromatic rings. The van der Waals surface area contributed by atoms with Crippen molar-refractivity contribution in [2.75, 3.05) is 23.7 Å². The van der Waals surface area contributed by atoms with Crippen LogP contribution in [-0.4, -0.2) is 23.0 Å². The molecule has 0 aliphatic heterocycles. The van der Waals surface area contributed by atoms with Crippen LogP contribution in [0.4, 0.5) is 17.3 Å². The first-order chi connectivity index (χ1) is 10.1. The van der Waals surface area contributed by atoms with Gasteiger partial charge >= 0.3 is 5.69 Å². The summed E-state index contributed by atoms with van der Waals surface area (Å²) in [5.74, 6) is 0.929. The van der Waals surface area contributed by atoms with Crippen molar-refractivity contribution in [3.63, 3.8) is 0 Å². The third-order valence-electron chi connectivity index (χ3n) is 2.72. The zero-order valence-electron chi connectivity index (χ0n) is 11.4. The maximum Gasteiger partial charge on any atom is 0.311 e. The molecule has 21 heavy (non-hydrogen) atoms. The Labute approximate surface area is 134 Å². The molecule has 0 aliphatic rings. The van der Waals surface area contributed by atoms with Gasteiger partial charge < -0.3 is 10.6 Å². The second-order valence-corrected chi connectivity index (χ2v) is 6.78. The van der Waals surface area contributed by atoms with Gasteiger partial charge in [0.15, 0.2) is 0 Å². The van der Waals surface area contributed by atoms with Gasteiger partial charge in [-0.05, 0) is 47.5 Å². The zero-order valence-corrected chi connectivity index (χ0v) is 13.8. The van der Waals surface area contributed by atoms with Gasteiger partial charge in [-0.2, -0.15) is 0 Å². The lowest BCUT2D eigenvalue weighted by molar-refractivity contribution is -0.384. The van der Waals surface area contributed by atoms with Crippen LogP contribution in [-0.2, 0) is 6.42 Å². The van der Waals surface area contributed by atoms with E-state index in [-0.39, 0.29) is 5.69 Å². The molecule has 0 saturated heterocycles. The van der Waals surface area contributed by atoms with Gasteiger partial charge in [-0.15, -0.1) is 11.3 Å². The molecule has 8 heteroatoms. The van der Waals surface area contributed by atoms with E-state index in [0.717, 1.165) is 10.2 Å². The number of halogens is 1. The molecular weight excluding hydrogens is 356 g/mol. The molecule has 0 unspecified atom stereocenters. The Hall–Kier alpha value is -1.67. The molecule has 0 radical (unpaired) electrons. The Kier molecular flexibility index (Phi) is 5.51. The number of anilines is 2. The molecule has 6 nitrogen and oxygen atoms in total. The first-order valence-electron chi connectivity index (χ1n) is 6.47. The zero-order chi connectivity index (χ0) is 15.2. The summed E-state index contributed by atoms with van der Waals surface area (Å²) in [7, 11) is 0. The fraction of sp³-hybridized carbons (Fsp3) is 0.308. The van der Waals surface area contributed by atoms with E-state index in [1.165, 1.54) is 10.9 Å². The largest absolute Gasteiger partial charge is 0.370 e. The number of pyridine rings is 1. The first kappa shape index (κ1) is 15.7. The van der Waals surface area contributed by atoms with Crippen molar-refractivity contribution in [1.29, 1.82) is 0 Å². The van der Waals surface area contributed by atoms with Crippen molar-refractivity contribution >= 4 is 44.6 Å². The number of thiophene rings is 1. The molecular formula is C13H15BrN4O2S. The van der Waals surface area contributed by atoms with Crippen molar-refractivity contribution in [2.24, 2.45) is 0 Å². The highest BCUT2D eigenvalue weighted by molar-refractivity contribution is 9.11. The summed E-state index contributed by atoms with van der Waals surface area (Å²) in [6.07, 6.45) is 0.792. The Morgan fingerprint density at radius 2 is 2.14 bits per heavy atom. The molecule has 0 aliphatic carbocycles. The van der Waals surface area contributed by atoms with Crippen molar-refractivity contribution in [2.45, 2.75) is 13.3 Å². The van der Waals surface area contributed by atoms with Gasteiger partial charge in [0.05, 0.1) is 8.71 Å². The highest BCUT2D eigenvalue weighted by Crippen LogP contribution is 2.25. The minimum absolute atomic E-state index is 0.0102. The molecule has 2 heterocycles. The summed E-state index contributed by atoms with van der Waals surface area (Å²) in [5.41, 5.74) is -0.0102. The molecule has 112 valence electrons. The SMILES string of the molecule is CCNc1ccc([N+](=O)[O-])c(NCCc2ccc(Br)s2)n1. The van der Waals surface area contributed by atoms with E-state index in [2.05, 4.69) is 31.5 Å².